The second kappa shape index (κ2) is 8.05. The molecular weight excluding hydrogens is 366 g/mol. The van der Waals surface area contributed by atoms with Gasteiger partial charge in [0.2, 0.25) is 0 Å². The first kappa shape index (κ1) is 16.6. The molecule has 5 nitrogen and oxygen atoms in total. The predicted octanol–water partition coefficient (Wildman–Crippen LogP) is 2.86. The number of hydrazine groups is 1. The summed E-state index contributed by atoms with van der Waals surface area (Å²) in [4.78, 5) is 26.5. The van der Waals surface area contributed by atoms with Crippen molar-refractivity contribution in [2.75, 3.05) is 0 Å². The van der Waals surface area contributed by atoms with E-state index in [0.717, 1.165) is 15.8 Å². The first-order chi connectivity index (χ1) is 10.6. The number of aromatic amines is 1. The Kier molecular flexibility index (Phi) is 6.09. The zero-order chi connectivity index (χ0) is 15.9. The van der Waals surface area contributed by atoms with Crippen molar-refractivity contribution in [1.82, 2.24) is 15.8 Å². The summed E-state index contributed by atoms with van der Waals surface area (Å²) in [6.07, 6.45) is 1.65. The van der Waals surface area contributed by atoms with Gasteiger partial charge in [0.1, 0.15) is 5.69 Å². The van der Waals surface area contributed by atoms with Crippen LogP contribution >= 0.6 is 27.7 Å². The minimum absolute atomic E-state index is 0.236. The Hall–Kier alpha value is -1.73. The highest BCUT2D eigenvalue weighted by molar-refractivity contribution is 9.10. The van der Waals surface area contributed by atoms with Gasteiger partial charge in [-0.2, -0.15) is 0 Å². The van der Waals surface area contributed by atoms with Gasteiger partial charge in [0.05, 0.1) is 5.25 Å². The number of hydrogen-bond acceptors (Lipinski definition) is 3. The summed E-state index contributed by atoms with van der Waals surface area (Å²) >= 11 is 4.76. The molecule has 0 fully saturated rings. The molecule has 0 radical (unpaired) electrons. The number of aromatic nitrogens is 1. The van der Waals surface area contributed by atoms with Crippen LogP contribution in [0.5, 0.6) is 0 Å². The fourth-order valence-electron chi connectivity index (χ4n) is 1.66. The van der Waals surface area contributed by atoms with E-state index in [1.807, 2.05) is 30.3 Å². The van der Waals surface area contributed by atoms with E-state index in [2.05, 4.69) is 31.8 Å². The van der Waals surface area contributed by atoms with Gasteiger partial charge in [-0.15, -0.1) is 11.8 Å². The van der Waals surface area contributed by atoms with Crippen molar-refractivity contribution in [2.24, 2.45) is 0 Å². The zero-order valence-electron chi connectivity index (χ0n) is 11.9. The van der Waals surface area contributed by atoms with E-state index in [4.69, 9.17) is 0 Å². The van der Waals surface area contributed by atoms with E-state index >= 15 is 0 Å². The van der Waals surface area contributed by atoms with Gasteiger partial charge in [0.25, 0.3) is 11.8 Å². The number of H-pyrrole nitrogens is 1. The lowest BCUT2D eigenvalue weighted by molar-refractivity contribution is -0.121. The van der Waals surface area contributed by atoms with Crippen LogP contribution in [0.2, 0.25) is 0 Å². The number of benzene rings is 1. The Morgan fingerprint density at radius 1 is 1.27 bits per heavy atom. The lowest BCUT2D eigenvalue weighted by atomic mass is 10.2. The summed E-state index contributed by atoms with van der Waals surface area (Å²) in [6, 6.07) is 11.6. The van der Waals surface area contributed by atoms with Crippen LogP contribution in [0.1, 0.15) is 23.0 Å². The van der Waals surface area contributed by atoms with Crippen LogP contribution in [-0.2, 0) is 10.5 Å². The fraction of sp³-hybridized carbons (Fsp3) is 0.200. The molecule has 3 N–H and O–H groups in total. The molecule has 0 saturated heterocycles. The molecule has 0 spiro atoms. The minimum Gasteiger partial charge on any atom is -0.356 e. The maximum atomic E-state index is 11.9. The van der Waals surface area contributed by atoms with Gasteiger partial charge in [-0.3, -0.25) is 20.4 Å². The second-order valence-corrected chi connectivity index (χ2v) is 6.86. The minimum atomic E-state index is -0.390. The molecule has 2 rings (SSSR count). The molecule has 1 atom stereocenters. The Bertz CT molecular complexity index is 645. The van der Waals surface area contributed by atoms with E-state index < -0.39 is 0 Å². The van der Waals surface area contributed by atoms with Crippen LogP contribution in [-0.4, -0.2) is 22.0 Å². The van der Waals surface area contributed by atoms with E-state index in [-0.39, 0.29) is 17.1 Å². The Balaban J connectivity index is 1.75. The lowest BCUT2D eigenvalue weighted by Crippen LogP contribution is -2.45. The molecule has 0 saturated carbocycles. The highest BCUT2D eigenvalue weighted by Gasteiger charge is 2.15. The zero-order valence-corrected chi connectivity index (χ0v) is 14.3. The van der Waals surface area contributed by atoms with Gasteiger partial charge in [-0.1, -0.05) is 30.3 Å². The predicted molar refractivity (Wildman–Crippen MR) is 91.3 cm³/mol. The fourth-order valence-corrected chi connectivity index (χ4v) is 2.85. The van der Waals surface area contributed by atoms with E-state index in [1.165, 1.54) is 11.8 Å². The highest BCUT2D eigenvalue weighted by atomic mass is 79.9. The Morgan fingerprint density at radius 2 is 2.00 bits per heavy atom. The summed E-state index contributed by atoms with van der Waals surface area (Å²) in [5.41, 5.74) is 6.35. The normalized spacial score (nSPS) is 11.7. The Labute approximate surface area is 141 Å². The van der Waals surface area contributed by atoms with E-state index in [9.17, 15) is 9.59 Å². The first-order valence-corrected chi connectivity index (χ1v) is 8.50. The van der Waals surface area contributed by atoms with Crippen LogP contribution in [0, 0.1) is 0 Å². The van der Waals surface area contributed by atoms with Crippen LogP contribution in [0.25, 0.3) is 0 Å². The monoisotopic (exact) mass is 381 g/mol. The van der Waals surface area contributed by atoms with Crippen molar-refractivity contribution >= 4 is 39.5 Å². The SMILES string of the molecule is C[C@@H](SCc1ccccc1)C(=O)NNC(=O)c1cc(Br)c[nH]1. The summed E-state index contributed by atoms with van der Waals surface area (Å²) in [5.74, 6) is 0.117. The summed E-state index contributed by atoms with van der Waals surface area (Å²) in [6.45, 7) is 1.81. The molecule has 0 unspecified atom stereocenters. The summed E-state index contributed by atoms with van der Waals surface area (Å²) in [5, 5.41) is -0.268. The third-order valence-electron chi connectivity index (χ3n) is 2.90. The quantitative estimate of drug-likeness (QED) is 0.697. The maximum Gasteiger partial charge on any atom is 0.286 e. The number of amides is 2. The van der Waals surface area contributed by atoms with Crippen LogP contribution in [0.4, 0.5) is 0 Å². The molecule has 1 heterocycles. The van der Waals surface area contributed by atoms with Crippen molar-refractivity contribution in [3.05, 3.63) is 58.3 Å². The highest BCUT2D eigenvalue weighted by Crippen LogP contribution is 2.17. The molecule has 2 aromatic rings. The van der Waals surface area contributed by atoms with Crippen molar-refractivity contribution in [3.8, 4) is 0 Å². The molecule has 0 aliphatic carbocycles. The molecular formula is C15H16BrN3O2S. The van der Waals surface area contributed by atoms with Gasteiger partial charge < -0.3 is 4.98 Å². The van der Waals surface area contributed by atoms with Crippen LogP contribution in [0.15, 0.2) is 47.1 Å². The van der Waals surface area contributed by atoms with Gasteiger partial charge in [-0.05, 0) is 34.5 Å². The van der Waals surface area contributed by atoms with Crippen molar-refractivity contribution in [3.63, 3.8) is 0 Å². The lowest BCUT2D eigenvalue weighted by Gasteiger charge is -2.12. The topological polar surface area (TPSA) is 74.0 Å². The number of carbonyl (C=O) groups excluding carboxylic acids is 2. The number of rotatable bonds is 5. The summed E-state index contributed by atoms with van der Waals surface area (Å²) in [7, 11) is 0. The van der Waals surface area contributed by atoms with Crippen molar-refractivity contribution < 1.29 is 9.59 Å². The molecule has 0 bridgehead atoms. The molecule has 1 aromatic heterocycles. The number of carbonyl (C=O) groups is 2. The van der Waals surface area contributed by atoms with Gasteiger partial charge in [0, 0.05) is 16.4 Å². The molecule has 2 amide bonds. The molecule has 1 aromatic carbocycles. The molecule has 22 heavy (non-hydrogen) atoms. The van der Waals surface area contributed by atoms with Gasteiger partial charge >= 0.3 is 0 Å². The van der Waals surface area contributed by atoms with E-state index in [0.29, 0.717) is 5.69 Å². The average molecular weight is 382 g/mol. The van der Waals surface area contributed by atoms with Crippen LogP contribution in [0.3, 0.4) is 0 Å². The molecule has 7 heteroatoms. The third-order valence-corrected chi connectivity index (χ3v) is 4.58. The molecule has 116 valence electrons. The average Bonchev–Trinajstić information content (AvgIpc) is 2.97. The smallest absolute Gasteiger partial charge is 0.286 e. The first-order valence-electron chi connectivity index (χ1n) is 6.66. The number of hydrogen-bond donors (Lipinski definition) is 3. The maximum absolute atomic E-state index is 11.9. The molecule has 0 aliphatic heterocycles. The largest absolute Gasteiger partial charge is 0.356 e. The van der Waals surface area contributed by atoms with Crippen LogP contribution < -0.4 is 10.9 Å². The van der Waals surface area contributed by atoms with Crippen molar-refractivity contribution in [1.29, 1.82) is 0 Å². The van der Waals surface area contributed by atoms with E-state index in [1.54, 1.807) is 19.2 Å². The van der Waals surface area contributed by atoms with Gasteiger partial charge in [0.15, 0.2) is 0 Å². The van der Waals surface area contributed by atoms with Gasteiger partial charge in [-0.25, -0.2) is 0 Å². The molecule has 0 aliphatic rings. The number of thioether (sulfide) groups is 1. The summed E-state index contributed by atoms with van der Waals surface area (Å²) < 4.78 is 0.774. The van der Waals surface area contributed by atoms with Crippen molar-refractivity contribution in [2.45, 2.75) is 17.9 Å². The second-order valence-electron chi connectivity index (χ2n) is 4.61. The third kappa shape index (κ3) is 4.92. The number of halogens is 1. The number of nitrogens with one attached hydrogen (secondary N) is 3. The standard InChI is InChI=1S/C15H16BrN3O2S/c1-10(22-9-11-5-3-2-4-6-11)14(20)18-19-15(21)13-7-12(16)8-17-13/h2-8,10,17H,9H2,1H3,(H,18,20)(H,19,21)/t10-/m1/s1. The Morgan fingerprint density at radius 3 is 2.64 bits per heavy atom.